The minimum atomic E-state index is -4.25. The van der Waals surface area contributed by atoms with E-state index in [1.165, 1.54) is 24.3 Å². The summed E-state index contributed by atoms with van der Waals surface area (Å²) in [5.41, 5.74) is 3.55. The molecule has 1 amide bonds. The second-order valence-electron chi connectivity index (χ2n) is 8.29. The average molecular weight is 533 g/mol. The molecule has 0 saturated heterocycles. The van der Waals surface area contributed by atoms with Gasteiger partial charge in [-0.25, -0.2) is 0 Å². The Kier molecular flexibility index (Phi) is 8.09. The number of likely N-dealkylation sites (N-methyl/N-ethyl adjacent to an activating group) is 1. The van der Waals surface area contributed by atoms with Crippen LogP contribution >= 0.6 is 0 Å². The molecule has 0 atom stereocenters. The van der Waals surface area contributed by atoms with E-state index in [0.29, 0.717) is 29.6 Å². The summed E-state index contributed by atoms with van der Waals surface area (Å²) in [5.74, 6) is 0.808. The molecular weight excluding hydrogens is 508 g/mol. The number of carbonyl (C=O) groups is 1. The Morgan fingerprint density at radius 1 is 0.868 bits per heavy atom. The number of amides is 1. The minimum Gasteiger partial charge on any atom is -0.365 e. The molecule has 4 aromatic rings. The molecule has 2 N–H and O–H groups in total. The molecule has 1 heterocycles. The Bertz CT molecular complexity index is 1520. The Balaban J connectivity index is 1.26. The molecular formula is C25H24N8O4S. The standard InChI is InChI=1S/C25H24N8O4S/c1-17-27-31-25(32-28-17)19-5-3-18(4-6-19)15-26-24(34)16-33(2)22-11-7-20(8-12-22)29-30-21-9-13-23(14-10-21)38(35,36)37/h3-14H,15-16H2,1-2H3,(H,26,34)(H,35,36,37). The van der Waals surface area contributed by atoms with Crippen molar-refractivity contribution in [3.05, 3.63) is 84.2 Å². The van der Waals surface area contributed by atoms with E-state index in [-0.39, 0.29) is 17.3 Å². The molecule has 0 aliphatic rings. The zero-order valence-electron chi connectivity index (χ0n) is 20.6. The van der Waals surface area contributed by atoms with Crippen LogP contribution in [0.4, 0.5) is 17.1 Å². The number of nitrogens with zero attached hydrogens (tertiary/aromatic N) is 7. The number of azo groups is 1. The highest BCUT2D eigenvalue weighted by Gasteiger charge is 2.10. The number of hydrogen-bond acceptors (Lipinski definition) is 10. The Hall–Kier alpha value is -4.62. The number of benzene rings is 3. The van der Waals surface area contributed by atoms with E-state index in [1.807, 2.05) is 48.3 Å². The van der Waals surface area contributed by atoms with Crippen LogP contribution in [0.3, 0.4) is 0 Å². The zero-order valence-corrected chi connectivity index (χ0v) is 21.4. The zero-order chi connectivity index (χ0) is 27.1. The van der Waals surface area contributed by atoms with Crippen molar-refractivity contribution in [2.75, 3.05) is 18.5 Å². The van der Waals surface area contributed by atoms with Crippen molar-refractivity contribution in [2.45, 2.75) is 18.4 Å². The van der Waals surface area contributed by atoms with Gasteiger partial charge in [0.1, 0.15) is 0 Å². The van der Waals surface area contributed by atoms with Gasteiger partial charge in [0.05, 0.1) is 22.8 Å². The van der Waals surface area contributed by atoms with E-state index in [9.17, 15) is 13.2 Å². The van der Waals surface area contributed by atoms with Gasteiger partial charge in [-0.15, -0.1) is 20.4 Å². The smallest absolute Gasteiger partial charge is 0.294 e. The highest BCUT2D eigenvalue weighted by molar-refractivity contribution is 7.85. The Labute approximate surface area is 219 Å². The highest BCUT2D eigenvalue weighted by Crippen LogP contribution is 2.23. The maximum absolute atomic E-state index is 12.5. The topological polar surface area (TPSA) is 163 Å². The van der Waals surface area contributed by atoms with E-state index in [1.54, 1.807) is 19.1 Å². The summed E-state index contributed by atoms with van der Waals surface area (Å²) < 4.78 is 31.2. The summed E-state index contributed by atoms with van der Waals surface area (Å²) >= 11 is 0. The summed E-state index contributed by atoms with van der Waals surface area (Å²) in [6.07, 6.45) is 0. The monoisotopic (exact) mass is 532 g/mol. The lowest BCUT2D eigenvalue weighted by atomic mass is 10.1. The van der Waals surface area contributed by atoms with Gasteiger partial charge in [-0.1, -0.05) is 24.3 Å². The number of carbonyl (C=O) groups excluding carboxylic acids is 1. The summed E-state index contributed by atoms with van der Waals surface area (Å²) in [6.45, 7) is 2.26. The minimum absolute atomic E-state index is 0.135. The number of hydrogen-bond donors (Lipinski definition) is 2. The first kappa shape index (κ1) is 26.4. The third-order valence-electron chi connectivity index (χ3n) is 5.37. The number of aromatic nitrogens is 4. The van der Waals surface area contributed by atoms with E-state index in [2.05, 4.69) is 35.9 Å². The molecule has 0 saturated carbocycles. The van der Waals surface area contributed by atoms with Gasteiger partial charge < -0.3 is 10.2 Å². The van der Waals surface area contributed by atoms with Crippen LogP contribution in [0.25, 0.3) is 11.4 Å². The van der Waals surface area contributed by atoms with Crippen LogP contribution in [0.1, 0.15) is 11.4 Å². The van der Waals surface area contributed by atoms with E-state index < -0.39 is 10.1 Å². The molecule has 0 aliphatic carbocycles. The molecule has 0 aliphatic heterocycles. The molecule has 0 radical (unpaired) electrons. The predicted octanol–water partition coefficient (Wildman–Crippen LogP) is 3.66. The fraction of sp³-hybridized carbons (Fsp3) is 0.160. The summed E-state index contributed by atoms with van der Waals surface area (Å²) in [6, 6.07) is 20.0. The first-order chi connectivity index (χ1) is 18.2. The fourth-order valence-corrected chi connectivity index (χ4v) is 3.78. The van der Waals surface area contributed by atoms with Gasteiger partial charge in [0.2, 0.25) is 11.7 Å². The van der Waals surface area contributed by atoms with E-state index >= 15 is 0 Å². The Morgan fingerprint density at radius 2 is 1.42 bits per heavy atom. The van der Waals surface area contributed by atoms with Crippen molar-refractivity contribution < 1.29 is 17.8 Å². The number of nitrogens with one attached hydrogen (secondary N) is 1. The summed E-state index contributed by atoms with van der Waals surface area (Å²) in [7, 11) is -2.44. The lowest BCUT2D eigenvalue weighted by Gasteiger charge is -2.19. The third-order valence-corrected chi connectivity index (χ3v) is 6.24. The second-order valence-corrected chi connectivity index (χ2v) is 9.71. The average Bonchev–Trinajstić information content (AvgIpc) is 2.91. The largest absolute Gasteiger partial charge is 0.365 e. The van der Waals surface area contributed by atoms with Crippen molar-refractivity contribution in [1.82, 2.24) is 25.7 Å². The van der Waals surface area contributed by atoms with Gasteiger partial charge in [-0.3, -0.25) is 9.35 Å². The fourth-order valence-electron chi connectivity index (χ4n) is 3.30. The van der Waals surface area contributed by atoms with Crippen molar-refractivity contribution in [3.63, 3.8) is 0 Å². The molecule has 13 heteroatoms. The molecule has 0 unspecified atom stereocenters. The van der Waals surface area contributed by atoms with Crippen molar-refractivity contribution >= 4 is 33.1 Å². The SMILES string of the molecule is Cc1nnc(-c2ccc(CNC(=O)CN(C)c3ccc(N=Nc4ccc(S(=O)(=O)O)cc4)cc3)cc2)nn1. The molecule has 12 nitrogen and oxygen atoms in total. The van der Waals surface area contributed by atoms with Gasteiger partial charge in [0.15, 0.2) is 5.82 Å². The van der Waals surface area contributed by atoms with E-state index in [0.717, 1.165) is 16.8 Å². The highest BCUT2D eigenvalue weighted by atomic mass is 32.2. The second kappa shape index (κ2) is 11.6. The predicted molar refractivity (Wildman–Crippen MR) is 140 cm³/mol. The molecule has 0 bridgehead atoms. The van der Waals surface area contributed by atoms with Gasteiger partial charge >= 0.3 is 0 Å². The van der Waals surface area contributed by atoms with Crippen LogP contribution in [-0.2, 0) is 21.5 Å². The summed E-state index contributed by atoms with van der Waals surface area (Å²) in [4.78, 5) is 14.1. The molecule has 0 spiro atoms. The van der Waals surface area contributed by atoms with E-state index in [4.69, 9.17) is 4.55 Å². The molecule has 4 rings (SSSR count). The first-order valence-corrected chi connectivity index (χ1v) is 12.8. The van der Waals surface area contributed by atoms with Crippen LogP contribution in [0, 0.1) is 6.92 Å². The molecule has 3 aromatic carbocycles. The van der Waals surface area contributed by atoms with Gasteiger partial charge in [0.25, 0.3) is 10.1 Å². The van der Waals surface area contributed by atoms with Gasteiger partial charge in [0, 0.05) is 24.8 Å². The quantitative estimate of drug-likeness (QED) is 0.242. The van der Waals surface area contributed by atoms with Crippen LogP contribution in [0.15, 0.2) is 87.9 Å². The van der Waals surface area contributed by atoms with Crippen molar-refractivity contribution in [1.29, 1.82) is 0 Å². The Morgan fingerprint density at radius 3 is 1.97 bits per heavy atom. The van der Waals surface area contributed by atoms with Crippen LogP contribution in [-0.4, -0.2) is 52.9 Å². The number of rotatable bonds is 9. The lowest BCUT2D eigenvalue weighted by molar-refractivity contribution is -0.119. The normalized spacial score (nSPS) is 11.4. The van der Waals surface area contributed by atoms with Crippen LogP contribution < -0.4 is 10.2 Å². The number of aryl methyl sites for hydroxylation is 1. The van der Waals surface area contributed by atoms with Gasteiger partial charge in [-0.05, 0) is 61.0 Å². The first-order valence-electron chi connectivity index (χ1n) is 11.4. The number of anilines is 1. The van der Waals surface area contributed by atoms with Crippen molar-refractivity contribution in [3.8, 4) is 11.4 Å². The maximum Gasteiger partial charge on any atom is 0.294 e. The summed E-state index contributed by atoms with van der Waals surface area (Å²) in [5, 5.41) is 26.9. The molecule has 38 heavy (non-hydrogen) atoms. The third kappa shape index (κ3) is 7.21. The molecule has 194 valence electrons. The van der Waals surface area contributed by atoms with Gasteiger partial charge in [-0.2, -0.15) is 18.6 Å². The molecule has 1 aromatic heterocycles. The maximum atomic E-state index is 12.5. The van der Waals surface area contributed by atoms with Crippen LogP contribution in [0.5, 0.6) is 0 Å². The van der Waals surface area contributed by atoms with Crippen LogP contribution in [0.2, 0.25) is 0 Å². The van der Waals surface area contributed by atoms with Crippen molar-refractivity contribution in [2.24, 2.45) is 10.2 Å². The lowest BCUT2D eigenvalue weighted by Crippen LogP contribution is -2.34. The molecule has 0 fully saturated rings.